The summed E-state index contributed by atoms with van der Waals surface area (Å²) in [6.07, 6.45) is 0.418. The minimum absolute atomic E-state index is 0.00419. The van der Waals surface area contributed by atoms with Crippen LogP contribution < -0.4 is 5.32 Å². The smallest absolute Gasteiger partial charge is 0.306 e. The van der Waals surface area contributed by atoms with E-state index in [0.29, 0.717) is 18.7 Å². The largest absolute Gasteiger partial charge is 0.481 e. The van der Waals surface area contributed by atoms with Crippen LogP contribution in [-0.2, 0) is 4.79 Å². The molecule has 0 bridgehead atoms. The van der Waals surface area contributed by atoms with Gasteiger partial charge in [-0.2, -0.15) is 0 Å². The Morgan fingerprint density at radius 2 is 2.18 bits per heavy atom. The fourth-order valence-corrected chi connectivity index (χ4v) is 1.33. The number of nitro benzene ring substituents is 1. The molecule has 0 aliphatic rings. The molecule has 0 aliphatic carbocycles. The van der Waals surface area contributed by atoms with Crippen molar-refractivity contribution in [2.75, 3.05) is 11.9 Å². The van der Waals surface area contributed by atoms with Gasteiger partial charge in [0.2, 0.25) is 0 Å². The number of anilines is 1. The summed E-state index contributed by atoms with van der Waals surface area (Å²) in [6, 6.07) is 6.28. The molecule has 0 radical (unpaired) electrons. The van der Waals surface area contributed by atoms with E-state index in [1.54, 1.807) is 25.1 Å². The van der Waals surface area contributed by atoms with Crippen LogP contribution in [0.4, 0.5) is 11.4 Å². The summed E-state index contributed by atoms with van der Waals surface area (Å²) in [5, 5.41) is 22.3. The van der Waals surface area contributed by atoms with E-state index in [4.69, 9.17) is 5.11 Å². The van der Waals surface area contributed by atoms with Crippen LogP contribution in [0.2, 0.25) is 0 Å². The van der Waals surface area contributed by atoms with Crippen molar-refractivity contribution in [3.05, 3.63) is 34.4 Å². The van der Waals surface area contributed by atoms with Crippen molar-refractivity contribution in [1.82, 2.24) is 0 Å². The zero-order valence-corrected chi connectivity index (χ0v) is 9.42. The second-order valence-electron chi connectivity index (χ2n) is 3.73. The highest BCUT2D eigenvalue weighted by Gasteiger charge is 2.13. The molecular weight excluding hydrogens is 224 g/mol. The normalized spacial score (nSPS) is 11.8. The molecule has 1 atom stereocenters. The number of para-hydroxylation sites is 2. The van der Waals surface area contributed by atoms with Gasteiger partial charge in [0.25, 0.3) is 5.69 Å². The Morgan fingerprint density at radius 1 is 1.53 bits per heavy atom. The SMILES string of the molecule is CC(CCNc1ccccc1[N+](=O)[O-])C(=O)O. The van der Waals surface area contributed by atoms with Gasteiger partial charge in [0, 0.05) is 12.6 Å². The lowest BCUT2D eigenvalue weighted by atomic mass is 10.1. The van der Waals surface area contributed by atoms with Gasteiger partial charge in [0.15, 0.2) is 0 Å². The number of rotatable bonds is 6. The Kier molecular flexibility index (Phi) is 4.45. The molecular formula is C11H14N2O4. The van der Waals surface area contributed by atoms with Gasteiger partial charge in [-0.1, -0.05) is 19.1 Å². The van der Waals surface area contributed by atoms with E-state index < -0.39 is 16.8 Å². The van der Waals surface area contributed by atoms with Crippen LogP contribution in [0.5, 0.6) is 0 Å². The molecule has 0 amide bonds. The molecule has 17 heavy (non-hydrogen) atoms. The Bertz CT molecular complexity index is 420. The number of benzene rings is 1. The Hall–Kier alpha value is -2.11. The summed E-state index contributed by atoms with van der Waals surface area (Å²) in [5.41, 5.74) is 0.408. The van der Waals surface area contributed by atoms with Crippen LogP contribution in [0.15, 0.2) is 24.3 Å². The predicted octanol–water partition coefficient (Wildman–Crippen LogP) is 2.12. The highest BCUT2D eigenvalue weighted by molar-refractivity contribution is 5.69. The lowest BCUT2D eigenvalue weighted by Gasteiger charge is -2.08. The second kappa shape index (κ2) is 5.83. The molecule has 1 unspecified atom stereocenters. The van der Waals surface area contributed by atoms with Crippen molar-refractivity contribution >= 4 is 17.3 Å². The first-order valence-electron chi connectivity index (χ1n) is 5.22. The molecule has 92 valence electrons. The van der Waals surface area contributed by atoms with Gasteiger partial charge in [0.05, 0.1) is 10.8 Å². The van der Waals surface area contributed by atoms with E-state index in [9.17, 15) is 14.9 Å². The van der Waals surface area contributed by atoms with E-state index in [-0.39, 0.29) is 5.69 Å². The second-order valence-corrected chi connectivity index (χ2v) is 3.73. The molecule has 0 aromatic heterocycles. The van der Waals surface area contributed by atoms with E-state index in [2.05, 4.69) is 5.32 Å². The van der Waals surface area contributed by atoms with Crippen LogP contribution in [-0.4, -0.2) is 22.5 Å². The summed E-state index contributed by atoms with van der Waals surface area (Å²) < 4.78 is 0. The first-order valence-corrected chi connectivity index (χ1v) is 5.22. The van der Waals surface area contributed by atoms with Crippen molar-refractivity contribution in [2.45, 2.75) is 13.3 Å². The maximum atomic E-state index is 10.7. The Morgan fingerprint density at radius 3 is 2.76 bits per heavy atom. The summed E-state index contributed by atoms with van der Waals surface area (Å²) >= 11 is 0. The molecule has 1 aromatic carbocycles. The van der Waals surface area contributed by atoms with Crippen molar-refractivity contribution in [3.63, 3.8) is 0 Å². The zero-order valence-electron chi connectivity index (χ0n) is 9.42. The molecule has 0 saturated carbocycles. The van der Waals surface area contributed by atoms with Gasteiger partial charge in [-0.05, 0) is 12.5 Å². The lowest BCUT2D eigenvalue weighted by molar-refractivity contribution is -0.384. The van der Waals surface area contributed by atoms with Crippen molar-refractivity contribution in [1.29, 1.82) is 0 Å². The molecule has 1 rings (SSSR count). The van der Waals surface area contributed by atoms with Crippen LogP contribution in [0.3, 0.4) is 0 Å². The maximum absolute atomic E-state index is 10.7. The minimum atomic E-state index is -0.866. The summed E-state index contributed by atoms with van der Waals surface area (Å²) in [5.74, 6) is -1.33. The van der Waals surface area contributed by atoms with Gasteiger partial charge in [0.1, 0.15) is 5.69 Å². The number of aliphatic carboxylic acids is 1. The fraction of sp³-hybridized carbons (Fsp3) is 0.364. The van der Waals surface area contributed by atoms with E-state index in [0.717, 1.165) is 0 Å². The zero-order chi connectivity index (χ0) is 12.8. The molecule has 0 spiro atoms. The summed E-state index contributed by atoms with van der Waals surface area (Å²) in [4.78, 5) is 20.8. The number of hydrogen-bond donors (Lipinski definition) is 2. The molecule has 6 heteroatoms. The predicted molar refractivity (Wildman–Crippen MR) is 63.0 cm³/mol. The maximum Gasteiger partial charge on any atom is 0.306 e. The average Bonchev–Trinajstić information content (AvgIpc) is 2.29. The third-order valence-corrected chi connectivity index (χ3v) is 2.42. The average molecular weight is 238 g/mol. The van der Waals surface area contributed by atoms with E-state index in [1.807, 2.05) is 0 Å². The van der Waals surface area contributed by atoms with E-state index in [1.165, 1.54) is 6.07 Å². The van der Waals surface area contributed by atoms with Crippen LogP contribution >= 0.6 is 0 Å². The highest BCUT2D eigenvalue weighted by Crippen LogP contribution is 2.23. The first-order chi connectivity index (χ1) is 8.02. The highest BCUT2D eigenvalue weighted by atomic mass is 16.6. The van der Waals surface area contributed by atoms with Gasteiger partial charge in [-0.15, -0.1) is 0 Å². The third-order valence-electron chi connectivity index (χ3n) is 2.42. The molecule has 1 aromatic rings. The van der Waals surface area contributed by atoms with Gasteiger partial charge in [-0.25, -0.2) is 0 Å². The standard InChI is InChI=1S/C11H14N2O4/c1-8(11(14)15)6-7-12-9-4-2-3-5-10(9)13(16)17/h2-5,8,12H,6-7H2,1H3,(H,14,15). The molecule has 0 saturated heterocycles. The monoisotopic (exact) mass is 238 g/mol. The van der Waals surface area contributed by atoms with Gasteiger partial charge in [-0.3, -0.25) is 14.9 Å². The minimum Gasteiger partial charge on any atom is -0.481 e. The number of carbonyl (C=O) groups is 1. The number of hydrogen-bond acceptors (Lipinski definition) is 4. The number of nitro groups is 1. The topological polar surface area (TPSA) is 92.5 Å². The molecule has 0 fully saturated rings. The van der Waals surface area contributed by atoms with Crippen LogP contribution in [0.1, 0.15) is 13.3 Å². The van der Waals surface area contributed by atoms with Gasteiger partial charge < -0.3 is 10.4 Å². The van der Waals surface area contributed by atoms with Crippen molar-refractivity contribution in [2.24, 2.45) is 5.92 Å². The quantitative estimate of drug-likeness (QED) is 0.585. The van der Waals surface area contributed by atoms with Crippen LogP contribution in [0, 0.1) is 16.0 Å². The fourth-order valence-electron chi connectivity index (χ4n) is 1.33. The number of carboxylic acid groups (broad SMARTS) is 1. The van der Waals surface area contributed by atoms with E-state index >= 15 is 0 Å². The third kappa shape index (κ3) is 3.75. The molecule has 6 nitrogen and oxygen atoms in total. The number of nitrogens with zero attached hydrogens (tertiary/aromatic N) is 1. The first kappa shape index (κ1) is 13.0. The Labute approximate surface area is 98.4 Å². The van der Waals surface area contributed by atoms with Crippen molar-refractivity contribution < 1.29 is 14.8 Å². The number of nitrogens with one attached hydrogen (secondary N) is 1. The van der Waals surface area contributed by atoms with Crippen molar-refractivity contribution in [3.8, 4) is 0 Å². The lowest BCUT2D eigenvalue weighted by Crippen LogP contribution is -2.14. The Balaban J connectivity index is 2.58. The summed E-state index contributed by atoms with van der Waals surface area (Å²) in [7, 11) is 0. The molecule has 0 heterocycles. The van der Waals surface area contributed by atoms with Gasteiger partial charge >= 0.3 is 5.97 Å². The molecule has 2 N–H and O–H groups in total. The number of carboxylic acids is 1. The van der Waals surface area contributed by atoms with Crippen LogP contribution in [0.25, 0.3) is 0 Å². The summed E-state index contributed by atoms with van der Waals surface area (Å²) in [6.45, 7) is 1.99. The molecule has 0 aliphatic heterocycles.